The molecule has 1 aromatic heterocycles. The highest BCUT2D eigenvalue weighted by Gasteiger charge is 2.15. The van der Waals surface area contributed by atoms with Crippen LogP contribution >= 0.6 is 0 Å². The molecule has 0 aliphatic carbocycles. The van der Waals surface area contributed by atoms with Crippen molar-refractivity contribution in [2.45, 2.75) is 39.5 Å². The molecule has 0 radical (unpaired) electrons. The average Bonchev–Trinajstić information content (AvgIpc) is 2.16. The quantitative estimate of drug-likeness (QED) is 0.734. The van der Waals surface area contributed by atoms with E-state index in [2.05, 4.69) is 32.7 Å². The van der Waals surface area contributed by atoms with E-state index < -0.39 is 0 Å². The molecule has 0 bridgehead atoms. The fourth-order valence-corrected chi connectivity index (χ4v) is 1.69. The minimum Gasteiger partial charge on any atom is -0.496 e. The second-order valence-electron chi connectivity index (χ2n) is 4.12. The lowest BCUT2D eigenvalue weighted by atomic mass is 9.94. The lowest BCUT2D eigenvalue weighted by molar-refractivity contribution is 0.405. The first-order valence-corrected chi connectivity index (χ1v) is 5.10. The fraction of sp³-hybridized carbons (Fsp3) is 0.583. The summed E-state index contributed by atoms with van der Waals surface area (Å²) in [6.45, 7) is 8.66. The molecule has 0 fully saturated rings. The van der Waals surface area contributed by atoms with Gasteiger partial charge in [0.15, 0.2) is 0 Å². The smallest absolute Gasteiger partial charge is 0.125 e. The number of rotatable bonds is 3. The van der Waals surface area contributed by atoms with Gasteiger partial charge in [-0.05, 0) is 17.9 Å². The number of methoxy groups -OCH3 is 1. The van der Waals surface area contributed by atoms with Crippen LogP contribution in [0.2, 0.25) is 0 Å². The molecule has 0 aliphatic rings. The van der Waals surface area contributed by atoms with Crippen molar-refractivity contribution in [3.8, 4) is 5.75 Å². The van der Waals surface area contributed by atoms with Gasteiger partial charge in [0.1, 0.15) is 5.75 Å². The Morgan fingerprint density at radius 2 is 1.79 bits per heavy atom. The first-order chi connectivity index (χ1) is 6.57. The number of hydrogen-bond donors (Lipinski definition) is 0. The average molecular weight is 193 g/mol. The Kier molecular flexibility index (Phi) is 3.50. The van der Waals surface area contributed by atoms with Gasteiger partial charge in [-0.1, -0.05) is 27.7 Å². The van der Waals surface area contributed by atoms with E-state index in [9.17, 15) is 0 Å². The van der Waals surface area contributed by atoms with Crippen molar-refractivity contribution in [3.63, 3.8) is 0 Å². The van der Waals surface area contributed by atoms with E-state index in [0.29, 0.717) is 11.8 Å². The van der Waals surface area contributed by atoms with Crippen molar-refractivity contribution in [2.75, 3.05) is 7.11 Å². The summed E-state index contributed by atoms with van der Waals surface area (Å²) in [7, 11) is 1.71. The molecule has 0 aromatic carbocycles. The van der Waals surface area contributed by atoms with Crippen molar-refractivity contribution in [2.24, 2.45) is 0 Å². The molecule has 78 valence electrons. The highest BCUT2D eigenvalue weighted by atomic mass is 16.5. The summed E-state index contributed by atoms with van der Waals surface area (Å²) in [5.41, 5.74) is 2.39. The Labute approximate surface area is 86.3 Å². The Balaban J connectivity index is 3.28. The monoisotopic (exact) mass is 193 g/mol. The molecule has 0 spiro atoms. The van der Waals surface area contributed by atoms with Crippen LogP contribution in [-0.4, -0.2) is 12.1 Å². The van der Waals surface area contributed by atoms with E-state index in [1.54, 1.807) is 7.11 Å². The van der Waals surface area contributed by atoms with Gasteiger partial charge in [0, 0.05) is 17.5 Å². The number of ether oxygens (including phenoxy) is 1. The van der Waals surface area contributed by atoms with E-state index >= 15 is 0 Å². The van der Waals surface area contributed by atoms with Gasteiger partial charge >= 0.3 is 0 Å². The van der Waals surface area contributed by atoms with Crippen LogP contribution in [0.15, 0.2) is 12.3 Å². The topological polar surface area (TPSA) is 22.1 Å². The second-order valence-corrected chi connectivity index (χ2v) is 4.12. The Bertz CT molecular complexity index is 305. The van der Waals surface area contributed by atoms with E-state index in [0.717, 1.165) is 11.4 Å². The van der Waals surface area contributed by atoms with Crippen molar-refractivity contribution < 1.29 is 4.74 Å². The summed E-state index contributed by atoms with van der Waals surface area (Å²) >= 11 is 0. The maximum Gasteiger partial charge on any atom is 0.125 e. The SMILES string of the molecule is COc1ccnc(C(C)C)c1C(C)C. The molecule has 1 aromatic rings. The molecule has 0 atom stereocenters. The molecule has 0 saturated carbocycles. The maximum atomic E-state index is 5.36. The minimum absolute atomic E-state index is 0.447. The standard InChI is InChI=1S/C12H19NO/c1-8(2)11-10(14-5)6-7-13-12(11)9(3)4/h6-9H,1-5H3. The van der Waals surface area contributed by atoms with Crippen LogP contribution < -0.4 is 4.74 Å². The van der Waals surface area contributed by atoms with Crippen LogP contribution in [0.5, 0.6) is 5.75 Å². The molecule has 0 saturated heterocycles. The number of hydrogen-bond acceptors (Lipinski definition) is 2. The van der Waals surface area contributed by atoms with Crippen molar-refractivity contribution in [3.05, 3.63) is 23.5 Å². The number of aromatic nitrogens is 1. The summed E-state index contributed by atoms with van der Waals surface area (Å²) < 4.78 is 5.36. The van der Waals surface area contributed by atoms with Gasteiger partial charge in [-0.2, -0.15) is 0 Å². The lowest BCUT2D eigenvalue weighted by Gasteiger charge is -2.17. The van der Waals surface area contributed by atoms with Crippen LogP contribution in [0.3, 0.4) is 0 Å². The summed E-state index contributed by atoms with van der Waals surface area (Å²) in [4.78, 5) is 4.43. The normalized spacial score (nSPS) is 11.1. The summed E-state index contributed by atoms with van der Waals surface area (Å²) in [6, 6.07) is 1.93. The van der Waals surface area contributed by atoms with Crippen molar-refractivity contribution >= 4 is 0 Å². The third kappa shape index (κ3) is 2.06. The first-order valence-electron chi connectivity index (χ1n) is 5.10. The third-order valence-electron chi connectivity index (χ3n) is 2.33. The maximum absolute atomic E-state index is 5.36. The van der Waals surface area contributed by atoms with Gasteiger partial charge in [0.05, 0.1) is 7.11 Å². The number of nitrogens with zero attached hydrogens (tertiary/aromatic N) is 1. The highest BCUT2D eigenvalue weighted by Crippen LogP contribution is 2.31. The molecule has 2 nitrogen and oxygen atoms in total. The molecular formula is C12H19NO. The zero-order chi connectivity index (χ0) is 10.7. The van der Waals surface area contributed by atoms with Crippen molar-refractivity contribution in [1.82, 2.24) is 4.98 Å². The molecule has 0 N–H and O–H groups in total. The summed E-state index contributed by atoms with van der Waals surface area (Å²) in [6.07, 6.45) is 1.82. The zero-order valence-electron chi connectivity index (χ0n) is 9.66. The van der Waals surface area contributed by atoms with Crippen LogP contribution in [0, 0.1) is 0 Å². The third-order valence-corrected chi connectivity index (χ3v) is 2.33. The van der Waals surface area contributed by atoms with Gasteiger partial charge in [-0.25, -0.2) is 0 Å². The van der Waals surface area contributed by atoms with E-state index in [1.807, 2.05) is 12.3 Å². The second kappa shape index (κ2) is 4.45. The Hall–Kier alpha value is -1.05. The highest BCUT2D eigenvalue weighted by molar-refractivity contribution is 5.39. The van der Waals surface area contributed by atoms with Crippen molar-refractivity contribution in [1.29, 1.82) is 0 Å². The zero-order valence-corrected chi connectivity index (χ0v) is 9.66. The molecule has 0 amide bonds. The molecule has 1 rings (SSSR count). The Morgan fingerprint density at radius 3 is 2.21 bits per heavy atom. The molecule has 0 unspecified atom stereocenters. The predicted molar refractivity (Wildman–Crippen MR) is 59.0 cm³/mol. The van der Waals surface area contributed by atoms with Gasteiger partial charge < -0.3 is 4.74 Å². The van der Waals surface area contributed by atoms with Gasteiger partial charge in [0.25, 0.3) is 0 Å². The molecule has 1 heterocycles. The molecule has 2 heteroatoms. The predicted octanol–water partition coefficient (Wildman–Crippen LogP) is 3.34. The van der Waals surface area contributed by atoms with E-state index in [-0.39, 0.29) is 0 Å². The van der Waals surface area contributed by atoms with Crippen LogP contribution in [0.1, 0.15) is 50.8 Å². The van der Waals surface area contributed by atoms with Crippen LogP contribution in [-0.2, 0) is 0 Å². The minimum atomic E-state index is 0.447. The van der Waals surface area contributed by atoms with Gasteiger partial charge in [-0.15, -0.1) is 0 Å². The summed E-state index contributed by atoms with van der Waals surface area (Å²) in [5, 5.41) is 0. The fourth-order valence-electron chi connectivity index (χ4n) is 1.69. The van der Waals surface area contributed by atoms with Gasteiger partial charge in [-0.3, -0.25) is 4.98 Å². The molecule has 14 heavy (non-hydrogen) atoms. The first kappa shape index (κ1) is 11.0. The number of pyridine rings is 1. The van der Waals surface area contributed by atoms with Gasteiger partial charge in [0.2, 0.25) is 0 Å². The summed E-state index contributed by atoms with van der Waals surface area (Å²) in [5.74, 6) is 1.86. The van der Waals surface area contributed by atoms with Crippen LogP contribution in [0.25, 0.3) is 0 Å². The Morgan fingerprint density at radius 1 is 1.14 bits per heavy atom. The largest absolute Gasteiger partial charge is 0.496 e. The van der Waals surface area contributed by atoms with E-state index in [4.69, 9.17) is 4.74 Å². The molecule has 0 aliphatic heterocycles. The molecular weight excluding hydrogens is 174 g/mol. The lowest BCUT2D eigenvalue weighted by Crippen LogP contribution is -2.04. The van der Waals surface area contributed by atoms with E-state index in [1.165, 1.54) is 5.56 Å². The van der Waals surface area contributed by atoms with Crippen LogP contribution in [0.4, 0.5) is 0 Å².